The first kappa shape index (κ1) is 21.4. The number of carbonyl (C=O) groups is 1. The summed E-state index contributed by atoms with van der Waals surface area (Å²) in [5.41, 5.74) is 7.02. The second-order valence-corrected chi connectivity index (χ2v) is 13.5. The highest BCUT2D eigenvalue weighted by molar-refractivity contribution is 6.74. The summed E-state index contributed by atoms with van der Waals surface area (Å²) in [5, 5.41) is 0.132. The van der Waals surface area contributed by atoms with E-state index in [1.54, 1.807) is 0 Å². The molecule has 0 bridgehead atoms. The molecule has 6 heteroatoms. The minimum absolute atomic E-state index is 0.0125. The number of aromatic nitrogens is 2. The first-order valence-electron chi connectivity index (χ1n) is 9.57. The Morgan fingerprint density at radius 2 is 1.89 bits per heavy atom. The van der Waals surface area contributed by atoms with Crippen LogP contribution in [0.5, 0.6) is 0 Å². The van der Waals surface area contributed by atoms with Gasteiger partial charge >= 0.3 is 0 Å². The van der Waals surface area contributed by atoms with Gasteiger partial charge in [-0.15, -0.1) is 0 Å². The maximum Gasteiger partial charge on any atom is 0.266 e. The van der Waals surface area contributed by atoms with Crippen molar-refractivity contribution >= 4 is 14.2 Å². The van der Waals surface area contributed by atoms with Crippen LogP contribution in [0, 0.1) is 0 Å². The second-order valence-electron chi connectivity index (χ2n) is 8.76. The predicted molar refractivity (Wildman–Crippen MR) is 112 cm³/mol. The third kappa shape index (κ3) is 5.53. The summed E-state index contributed by atoms with van der Waals surface area (Å²) in [6, 6.07) is 10.4. The largest absolute Gasteiger partial charge is 0.413 e. The maximum absolute atomic E-state index is 11.5. The fourth-order valence-corrected chi connectivity index (χ4v) is 4.38. The molecule has 1 aromatic carbocycles. The van der Waals surface area contributed by atoms with Crippen molar-refractivity contribution in [3.8, 4) is 0 Å². The third-order valence-electron chi connectivity index (χ3n) is 5.65. The average molecular weight is 388 g/mol. The Hall–Kier alpha value is -1.92. The van der Waals surface area contributed by atoms with Gasteiger partial charge in [0.15, 0.2) is 8.32 Å². The van der Waals surface area contributed by atoms with Crippen LogP contribution in [0.2, 0.25) is 18.1 Å². The number of H-pyrrole nitrogens is 1. The molecule has 0 fully saturated rings. The molecule has 1 amide bonds. The lowest BCUT2D eigenvalue weighted by Crippen LogP contribution is -2.44. The molecule has 0 unspecified atom stereocenters. The zero-order valence-electron chi connectivity index (χ0n) is 17.4. The number of aryl methyl sites for hydroxylation is 1. The summed E-state index contributed by atoms with van der Waals surface area (Å²) >= 11 is 0. The van der Waals surface area contributed by atoms with Gasteiger partial charge in [-0.05, 0) is 43.5 Å². The molecule has 0 saturated heterocycles. The lowest BCUT2D eigenvalue weighted by molar-refractivity contribution is 0.0995. The van der Waals surface area contributed by atoms with E-state index < -0.39 is 14.2 Å². The van der Waals surface area contributed by atoms with Crippen LogP contribution in [0.1, 0.15) is 61.9 Å². The first-order valence-corrected chi connectivity index (χ1v) is 12.5. The monoisotopic (exact) mass is 387 g/mol. The summed E-state index contributed by atoms with van der Waals surface area (Å²) in [6.45, 7) is 13.3. The van der Waals surface area contributed by atoms with Gasteiger partial charge in [-0.2, -0.15) is 0 Å². The number of imidazole rings is 1. The molecule has 0 aliphatic carbocycles. The van der Waals surface area contributed by atoms with Crippen molar-refractivity contribution in [2.45, 2.75) is 70.7 Å². The number of hydrogen-bond acceptors (Lipinski definition) is 3. The summed E-state index contributed by atoms with van der Waals surface area (Å²) in [6.07, 6.45) is 3.31. The van der Waals surface area contributed by atoms with Crippen molar-refractivity contribution in [1.29, 1.82) is 0 Å². The van der Waals surface area contributed by atoms with E-state index >= 15 is 0 Å². The Labute approximate surface area is 163 Å². The van der Waals surface area contributed by atoms with Gasteiger partial charge in [0.2, 0.25) is 0 Å². The number of nitrogens with zero attached hydrogens (tertiary/aromatic N) is 1. The van der Waals surface area contributed by atoms with Crippen LogP contribution in [-0.4, -0.2) is 30.3 Å². The van der Waals surface area contributed by atoms with Gasteiger partial charge in [0, 0.05) is 5.92 Å². The Balaban J connectivity index is 2.23. The average Bonchev–Trinajstić information content (AvgIpc) is 3.04. The van der Waals surface area contributed by atoms with Gasteiger partial charge in [-0.3, -0.25) is 4.79 Å². The normalized spacial score (nSPS) is 14.7. The third-order valence-corrected chi connectivity index (χ3v) is 10.2. The molecule has 27 heavy (non-hydrogen) atoms. The van der Waals surface area contributed by atoms with E-state index in [1.807, 2.05) is 6.07 Å². The van der Waals surface area contributed by atoms with Gasteiger partial charge in [-0.25, -0.2) is 4.98 Å². The highest BCUT2D eigenvalue weighted by Gasteiger charge is 2.40. The van der Waals surface area contributed by atoms with Gasteiger partial charge in [0.05, 0.1) is 12.3 Å². The van der Waals surface area contributed by atoms with E-state index in [0.29, 0.717) is 5.69 Å². The van der Waals surface area contributed by atoms with Crippen LogP contribution in [0.15, 0.2) is 36.5 Å². The molecule has 1 aromatic heterocycles. The van der Waals surface area contributed by atoms with Crippen LogP contribution in [0.25, 0.3) is 0 Å². The van der Waals surface area contributed by atoms with Crippen LogP contribution < -0.4 is 5.73 Å². The zero-order chi connectivity index (χ0) is 20.2. The van der Waals surface area contributed by atoms with Crippen molar-refractivity contribution in [2.75, 3.05) is 0 Å². The van der Waals surface area contributed by atoms with Crippen LogP contribution in [-0.2, 0) is 10.8 Å². The van der Waals surface area contributed by atoms with Crippen molar-refractivity contribution in [2.24, 2.45) is 5.73 Å². The molecule has 2 aromatic rings. The number of rotatable bonds is 8. The first-order chi connectivity index (χ1) is 12.5. The van der Waals surface area contributed by atoms with Crippen LogP contribution >= 0.6 is 0 Å². The Kier molecular flexibility index (Phi) is 6.65. The molecule has 0 saturated carbocycles. The molecular weight excluding hydrogens is 354 g/mol. The smallest absolute Gasteiger partial charge is 0.266 e. The predicted octanol–water partition coefficient (Wildman–Crippen LogP) is 4.64. The molecule has 0 spiro atoms. The van der Waals surface area contributed by atoms with Crippen LogP contribution in [0.3, 0.4) is 0 Å². The van der Waals surface area contributed by atoms with Crippen molar-refractivity contribution < 1.29 is 9.22 Å². The van der Waals surface area contributed by atoms with Gasteiger partial charge < -0.3 is 15.1 Å². The number of aromatic amines is 1. The number of amides is 1. The summed E-state index contributed by atoms with van der Waals surface area (Å²) in [7, 11) is -1.92. The topological polar surface area (TPSA) is 81.0 Å². The standard InChI is InChI=1S/C21H33N3O2Si/c1-15(26-27(5,6)21(2,3)4)17(13-12-16-10-8-7-9-11-16)20-23-14-18(24-20)19(22)25/h7-11,14-15,17H,12-13H2,1-6H3,(H2,22,25)(H,23,24)/t15-,17-/m0/s1. The van der Waals surface area contributed by atoms with E-state index in [-0.39, 0.29) is 17.1 Å². The number of primary amides is 1. The summed E-state index contributed by atoms with van der Waals surface area (Å²) in [4.78, 5) is 19.0. The number of nitrogens with two attached hydrogens (primary N) is 1. The minimum atomic E-state index is -1.92. The van der Waals surface area contributed by atoms with E-state index in [1.165, 1.54) is 11.8 Å². The van der Waals surface area contributed by atoms with Crippen molar-refractivity contribution in [1.82, 2.24) is 9.97 Å². The lowest BCUT2D eigenvalue weighted by atomic mass is 9.94. The van der Waals surface area contributed by atoms with Crippen molar-refractivity contribution in [3.63, 3.8) is 0 Å². The van der Waals surface area contributed by atoms with Gasteiger partial charge in [0.1, 0.15) is 11.5 Å². The molecule has 2 atom stereocenters. The lowest BCUT2D eigenvalue weighted by Gasteiger charge is -2.40. The summed E-state index contributed by atoms with van der Waals surface area (Å²) < 4.78 is 6.64. The molecule has 0 aliphatic rings. The number of carbonyl (C=O) groups excluding carboxylic acids is 1. The molecule has 3 N–H and O–H groups in total. The quantitative estimate of drug-likeness (QED) is 0.648. The Morgan fingerprint density at radius 3 is 2.41 bits per heavy atom. The highest BCUT2D eigenvalue weighted by atomic mass is 28.4. The van der Waals surface area contributed by atoms with Gasteiger partial charge in [0.25, 0.3) is 5.91 Å². The molecule has 148 valence electrons. The molecule has 2 rings (SSSR count). The fourth-order valence-electron chi connectivity index (χ4n) is 2.93. The zero-order valence-corrected chi connectivity index (χ0v) is 18.4. The second kappa shape index (κ2) is 8.40. The van der Waals surface area contributed by atoms with E-state index in [9.17, 15) is 4.79 Å². The molecular formula is C21H33N3O2Si. The number of benzene rings is 1. The van der Waals surface area contributed by atoms with Crippen molar-refractivity contribution in [3.05, 3.63) is 53.6 Å². The Bertz CT molecular complexity index is 750. The van der Waals surface area contributed by atoms with E-state index in [2.05, 4.69) is 75.0 Å². The molecule has 1 heterocycles. The fraction of sp³-hybridized carbons (Fsp3) is 0.524. The summed E-state index contributed by atoms with van der Waals surface area (Å²) in [5.74, 6) is 0.340. The number of hydrogen-bond donors (Lipinski definition) is 2. The number of nitrogens with one attached hydrogen (secondary N) is 1. The minimum Gasteiger partial charge on any atom is -0.413 e. The Morgan fingerprint density at radius 1 is 1.26 bits per heavy atom. The van der Waals surface area contributed by atoms with Crippen LogP contribution in [0.4, 0.5) is 0 Å². The molecule has 0 aliphatic heterocycles. The van der Waals surface area contributed by atoms with E-state index in [0.717, 1.165) is 18.7 Å². The molecule has 0 radical (unpaired) electrons. The molecule has 5 nitrogen and oxygen atoms in total. The highest BCUT2D eigenvalue weighted by Crippen LogP contribution is 2.39. The van der Waals surface area contributed by atoms with E-state index in [4.69, 9.17) is 10.2 Å². The van der Waals surface area contributed by atoms with Gasteiger partial charge in [-0.1, -0.05) is 51.1 Å². The SMILES string of the molecule is C[C@H](O[Si](C)(C)C(C)(C)C)[C@H](CCc1ccccc1)c1ncc(C(N)=O)[nH]1. The maximum atomic E-state index is 11.5.